The second kappa shape index (κ2) is 10.2. The molecule has 3 aromatic rings. The number of rotatable bonds is 8. The fourth-order valence-corrected chi connectivity index (χ4v) is 4.95. The lowest BCUT2D eigenvalue weighted by Gasteiger charge is -2.43. The number of piperidine rings is 1. The van der Waals surface area contributed by atoms with Gasteiger partial charge in [0.2, 0.25) is 5.76 Å². The van der Waals surface area contributed by atoms with Gasteiger partial charge in [0.15, 0.2) is 11.6 Å². The van der Waals surface area contributed by atoms with E-state index in [1.54, 1.807) is 13.2 Å². The Labute approximate surface area is 205 Å². The molecular formula is C27H34FN4O3+. The highest BCUT2D eigenvalue weighted by Gasteiger charge is 2.35. The van der Waals surface area contributed by atoms with Crippen LogP contribution in [0.5, 0.6) is 5.75 Å². The first kappa shape index (κ1) is 24.9. The minimum absolute atomic E-state index is 0.0437. The van der Waals surface area contributed by atoms with Crippen LogP contribution >= 0.6 is 0 Å². The molecule has 8 heteroatoms. The van der Waals surface area contributed by atoms with Crippen LogP contribution in [0.4, 0.5) is 10.1 Å². The number of ether oxygens (including phenoxy) is 2. The Balaban J connectivity index is 1.50. The maximum absolute atomic E-state index is 14.5. The van der Waals surface area contributed by atoms with E-state index in [0.717, 1.165) is 25.1 Å². The maximum atomic E-state index is 14.5. The number of nitrogens with two attached hydrogens (primary N) is 2. The van der Waals surface area contributed by atoms with E-state index in [0.29, 0.717) is 29.5 Å². The molecule has 1 unspecified atom stereocenters. The number of hydrogen-bond acceptors (Lipinski definition) is 6. The van der Waals surface area contributed by atoms with Crippen LogP contribution in [-0.2, 0) is 4.74 Å². The molecule has 0 saturated carbocycles. The molecule has 2 heterocycles. The van der Waals surface area contributed by atoms with E-state index in [2.05, 4.69) is 55.2 Å². The lowest BCUT2D eigenvalue weighted by molar-refractivity contribution is -0.113. The smallest absolute Gasteiger partial charge is 0.252 e. The second-order valence-corrected chi connectivity index (χ2v) is 9.89. The van der Waals surface area contributed by atoms with Gasteiger partial charge >= 0.3 is 0 Å². The molecule has 1 aliphatic heterocycles. The first-order valence-corrected chi connectivity index (χ1v) is 11.8. The molecule has 2 aromatic carbocycles. The zero-order valence-electron chi connectivity index (χ0n) is 20.8. The van der Waals surface area contributed by atoms with Crippen LogP contribution in [0.25, 0.3) is 11.3 Å². The molecule has 0 bridgehead atoms. The van der Waals surface area contributed by atoms with Crippen LogP contribution in [0.2, 0.25) is 0 Å². The molecule has 7 nitrogen and oxygen atoms in total. The van der Waals surface area contributed by atoms with Gasteiger partial charge in [-0.15, -0.1) is 0 Å². The molecule has 1 fully saturated rings. The number of halogens is 1. The van der Waals surface area contributed by atoms with E-state index < -0.39 is 5.82 Å². The molecule has 4 N–H and O–H groups in total. The van der Waals surface area contributed by atoms with Crippen molar-refractivity contribution < 1.29 is 23.8 Å². The average molecular weight is 482 g/mol. The number of methoxy groups -OCH3 is 1. The van der Waals surface area contributed by atoms with Crippen molar-refractivity contribution in [3.8, 4) is 17.0 Å². The molecule has 4 rings (SSSR count). The summed E-state index contributed by atoms with van der Waals surface area (Å²) in [4.78, 5) is 2.39. The topological polar surface area (TPSA) is 99.3 Å². The van der Waals surface area contributed by atoms with Crippen LogP contribution in [0.1, 0.15) is 43.1 Å². The molecule has 1 aliphatic rings. The van der Waals surface area contributed by atoms with Gasteiger partial charge in [-0.3, -0.25) is 5.41 Å². The van der Waals surface area contributed by atoms with Crippen molar-refractivity contribution in [1.82, 2.24) is 10.1 Å². The molecule has 1 aromatic heterocycles. The number of aromatic nitrogens is 1. The Morgan fingerprint density at radius 3 is 2.66 bits per heavy atom. The normalized spacial score (nSPS) is 17.9. The third-order valence-electron chi connectivity index (χ3n) is 6.74. The standard InChI is InChI=1S/C27H33FN4O3/c1-27(2)16-32(3)10-9-20(27)17-5-7-18(8-6-17)23-15-25(35-31-23)26(30)19-13-21(28)24(14-22(19)29)34-12-11-33-4/h5-8,13-15,20,30H,9-12,16,29H2,1-4H3/p+1. The van der Waals surface area contributed by atoms with Gasteiger partial charge in [0.25, 0.3) is 5.71 Å². The zero-order valence-corrected chi connectivity index (χ0v) is 20.8. The van der Waals surface area contributed by atoms with Crippen molar-refractivity contribution in [2.45, 2.75) is 26.2 Å². The number of benzene rings is 2. The van der Waals surface area contributed by atoms with Gasteiger partial charge in [-0.1, -0.05) is 43.3 Å². The summed E-state index contributed by atoms with van der Waals surface area (Å²) in [5.74, 6) is 0.297. The largest absolute Gasteiger partial charge is 0.488 e. The Morgan fingerprint density at radius 1 is 1.23 bits per heavy atom. The van der Waals surface area contributed by atoms with Crippen LogP contribution in [0, 0.1) is 11.2 Å². The van der Waals surface area contributed by atoms with Crippen molar-refractivity contribution in [3.05, 3.63) is 65.2 Å². The van der Waals surface area contributed by atoms with E-state index >= 15 is 0 Å². The van der Waals surface area contributed by atoms with Crippen LogP contribution in [0.3, 0.4) is 0 Å². The predicted molar refractivity (Wildman–Crippen MR) is 134 cm³/mol. The summed E-state index contributed by atoms with van der Waals surface area (Å²) in [5.41, 5.74) is 10.0. The average Bonchev–Trinajstić information content (AvgIpc) is 3.31. The number of anilines is 1. The van der Waals surface area contributed by atoms with Gasteiger partial charge in [-0.05, 0) is 43.0 Å². The fourth-order valence-electron chi connectivity index (χ4n) is 4.95. The fraction of sp³-hybridized carbons (Fsp3) is 0.407. The summed E-state index contributed by atoms with van der Waals surface area (Å²) in [6, 6.07) is 12.9. The third-order valence-corrected chi connectivity index (χ3v) is 6.74. The molecule has 0 spiro atoms. The predicted octanol–water partition coefficient (Wildman–Crippen LogP) is 3.13. The zero-order chi connectivity index (χ0) is 25.2. The number of nitrogens with zero attached hydrogens (tertiary/aromatic N) is 2. The van der Waals surface area contributed by atoms with Gasteiger partial charge < -0.3 is 24.6 Å². The number of likely N-dealkylation sites (tertiary alicyclic amines) is 1. The quantitative estimate of drug-likeness (QED) is 0.291. The number of nitrogen functional groups attached to an aromatic ring is 1. The summed E-state index contributed by atoms with van der Waals surface area (Å²) in [5, 5.41) is 10.5. The summed E-state index contributed by atoms with van der Waals surface area (Å²) >= 11 is 0. The monoisotopic (exact) mass is 481 g/mol. The van der Waals surface area contributed by atoms with Crippen LogP contribution < -0.4 is 15.9 Å². The molecule has 35 heavy (non-hydrogen) atoms. The summed E-state index contributed by atoms with van der Waals surface area (Å²) < 4.78 is 30.3. The molecule has 1 atom stereocenters. The second-order valence-electron chi connectivity index (χ2n) is 9.89. The van der Waals surface area contributed by atoms with Crippen LogP contribution in [-0.4, -0.2) is 56.2 Å². The van der Waals surface area contributed by atoms with Gasteiger partial charge in [0.05, 0.1) is 12.2 Å². The Bertz CT molecular complexity index is 1190. The Kier molecular flexibility index (Phi) is 7.23. The van der Waals surface area contributed by atoms with E-state index in [9.17, 15) is 4.39 Å². The van der Waals surface area contributed by atoms with Crippen molar-refractivity contribution in [2.75, 3.05) is 46.2 Å². The lowest BCUT2D eigenvalue weighted by atomic mass is 9.70. The summed E-state index contributed by atoms with van der Waals surface area (Å²) in [7, 11) is 3.72. The highest BCUT2D eigenvalue weighted by molar-refractivity contribution is 6.10. The lowest BCUT2D eigenvalue weighted by Crippen LogP contribution is -2.42. The van der Waals surface area contributed by atoms with Gasteiger partial charge in [-0.25, -0.2) is 4.39 Å². The van der Waals surface area contributed by atoms with E-state index in [-0.39, 0.29) is 29.2 Å². The molecule has 0 amide bonds. The van der Waals surface area contributed by atoms with E-state index in [4.69, 9.17) is 25.1 Å². The first-order valence-electron chi connectivity index (χ1n) is 11.8. The molecule has 1 saturated heterocycles. The number of hydrogen-bond donors (Lipinski definition) is 2. The maximum Gasteiger partial charge on any atom is 0.252 e. The van der Waals surface area contributed by atoms with E-state index in [1.165, 1.54) is 17.7 Å². The van der Waals surface area contributed by atoms with E-state index in [1.807, 2.05) is 0 Å². The van der Waals surface area contributed by atoms with Gasteiger partial charge in [0.1, 0.15) is 12.3 Å². The van der Waals surface area contributed by atoms with Gasteiger partial charge in [-0.2, -0.15) is 0 Å². The molecule has 186 valence electrons. The first-order chi connectivity index (χ1) is 16.7. The minimum atomic E-state index is -0.569. The third kappa shape index (κ3) is 5.39. The summed E-state index contributed by atoms with van der Waals surface area (Å²) in [6.07, 6.45) is 1.14. The Hall–Kier alpha value is -3.23. The van der Waals surface area contributed by atoms with Crippen molar-refractivity contribution >= 4 is 11.4 Å². The minimum Gasteiger partial charge on any atom is -0.488 e. The highest BCUT2D eigenvalue weighted by Crippen LogP contribution is 2.42. The Morgan fingerprint density at radius 2 is 1.97 bits per heavy atom. The van der Waals surface area contributed by atoms with Gasteiger partial charge in [0, 0.05) is 37.0 Å². The molecule has 0 aliphatic carbocycles. The molecular weight excluding hydrogens is 447 g/mol. The molecule has 0 radical (unpaired) electrons. The van der Waals surface area contributed by atoms with Crippen LogP contribution in [0.15, 0.2) is 47.0 Å². The van der Waals surface area contributed by atoms with Crippen molar-refractivity contribution in [1.29, 1.82) is 0 Å². The van der Waals surface area contributed by atoms with Crippen molar-refractivity contribution in [2.24, 2.45) is 5.41 Å². The summed E-state index contributed by atoms with van der Waals surface area (Å²) in [6.45, 7) is 7.39. The van der Waals surface area contributed by atoms with Crippen molar-refractivity contribution in [3.63, 3.8) is 0 Å². The SMILES string of the molecule is COCCOc1cc(N)c(C(=[NH2+])c2cc(-c3ccc(C4CCN(C)CC4(C)C)cc3)no2)cc1F. The highest BCUT2D eigenvalue weighted by atomic mass is 19.1.